The molecule has 1 aliphatic heterocycles. The van der Waals surface area contributed by atoms with E-state index in [9.17, 15) is 4.39 Å². The van der Waals surface area contributed by atoms with E-state index in [0.29, 0.717) is 0 Å². The van der Waals surface area contributed by atoms with E-state index in [1.165, 1.54) is 0 Å². The number of nitrogens with zero attached hydrogens (tertiary/aromatic N) is 2. The van der Waals surface area contributed by atoms with E-state index in [1.807, 2.05) is 0 Å². The molecule has 0 aromatic rings. The van der Waals surface area contributed by atoms with Crippen molar-refractivity contribution in [2.45, 2.75) is 0 Å². The molecule has 33 valence electrons. The summed E-state index contributed by atoms with van der Waals surface area (Å²) in [6.45, 7) is 0. The van der Waals surface area contributed by atoms with Gasteiger partial charge in [-0.05, 0) is 0 Å². The standard InChI is InChI=1S/CFN2S2/c2-1-3-5-6-4-1. The van der Waals surface area contributed by atoms with Crippen LogP contribution in [0, 0.1) is 0 Å². The Balaban J connectivity index is 2.45. The maximum atomic E-state index is 11.5. The van der Waals surface area contributed by atoms with Crippen molar-refractivity contribution in [1.82, 2.24) is 4.72 Å². The molecule has 0 fully saturated rings. The van der Waals surface area contributed by atoms with Crippen LogP contribution in [0.25, 0.3) is 0 Å². The molecule has 0 unspecified atom stereocenters. The van der Waals surface area contributed by atoms with Crippen LogP contribution in [0.1, 0.15) is 0 Å². The van der Waals surface area contributed by atoms with Crippen LogP contribution >= 0.6 is 22.0 Å². The summed E-state index contributed by atoms with van der Waals surface area (Å²) < 4.78 is 17.9. The largest absolute Gasteiger partial charge is 0.323 e. The third kappa shape index (κ3) is 0.782. The summed E-state index contributed by atoms with van der Waals surface area (Å²) in [5.74, 6) is 0. The van der Waals surface area contributed by atoms with Gasteiger partial charge >= 0.3 is 6.09 Å². The molecule has 0 saturated heterocycles. The van der Waals surface area contributed by atoms with Gasteiger partial charge in [-0.25, -0.2) is 0 Å². The molecule has 1 aliphatic rings. The van der Waals surface area contributed by atoms with Gasteiger partial charge < -0.3 is 0 Å². The highest BCUT2D eigenvalue weighted by Gasteiger charge is 2.05. The van der Waals surface area contributed by atoms with Crippen molar-refractivity contribution < 1.29 is 4.39 Å². The monoisotopic (exact) mass is 123 g/mol. The molecular weight excluding hydrogens is 123 g/mol. The zero-order chi connectivity index (χ0) is 4.41. The molecule has 0 aromatic carbocycles. The van der Waals surface area contributed by atoms with Gasteiger partial charge in [-0.15, -0.1) is 0 Å². The summed E-state index contributed by atoms with van der Waals surface area (Å²) in [5.41, 5.74) is 0. The minimum Gasteiger partial charge on any atom is -0.160 e. The van der Waals surface area contributed by atoms with Gasteiger partial charge in [-0.1, -0.05) is 0 Å². The number of amidine groups is 1. The topological polar surface area (TPSA) is 26.5 Å². The van der Waals surface area contributed by atoms with E-state index in [0.717, 1.165) is 22.0 Å². The Bertz CT molecular complexity index is 81.6. The van der Waals surface area contributed by atoms with Crippen LogP contribution in [0.15, 0.2) is 4.40 Å². The van der Waals surface area contributed by atoms with E-state index in [4.69, 9.17) is 0 Å². The molecule has 0 saturated carbocycles. The Labute approximate surface area is 42.3 Å². The molecule has 5 heteroatoms. The van der Waals surface area contributed by atoms with E-state index in [2.05, 4.69) is 9.12 Å². The lowest BCUT2D eigenvalue weighted by Gasteiger charge is -1.71. The minimum atomic E-state index is -0.620. The minimum absolute atomic E-state index is 0.620. The van der Waals surface area contributed by atoms with Crippen molar-refractivity contribution in [3.05, 3.63) is 0 Å². The summed E-state index contributed by atoms with van der Waals surface area (Å²) in [6, 6.07) is 0. The maximum Gasteiger partial charge on any atom is 0.323 e. The van der Waals surface area contributed by atoms with Gasteiger partial charge in [-0.2, -0.15) is 13.5 Å². The molecule has 0 bridgehead atoms. The highest BCUT2D eigenvalue weighted by atomic mass is 33.1. The van der Waals surface area contributed by atoms with Crippen LogP contribution in [-0.4, -0.2) is 6.09 Å². The van der Waals surface area contributed by atoms with Crippen molar-refractivity contribution >= 4 is 28.0 Å². The summed E-state index contributed by atoms with van der Waals surface area (Å²) in [5, 5.41) is 0. The van der Waals surface area contributed by atoms with Gasteiger partial charge in [0, 0.05) is 0 Å². The lowest BCUT2D eigenvalue weighted by Crippen LogP contribution is -1.91. The Hall–Kier alpha value is 0.1000. The summed E-state index contributed by atoms with van der Waals surface area (Å²) >= 11 is 0. The highest BCUT2D eigenvalue weighted by molar-refractivity contribution is 8.76. The lowest BCUT2D eigenvalue weighted by molar-refractivity contribution is 0.783. The average molecular weight is 123 g/mol. The summed E-state index contributed by atoms with van der Waals surface area (Å²) in [7, 11) is 2.09. The zero-order valence-electron chi connectivity index (χ0n) is 2.59. The van der Waals surface area contributed by atoms with Crippen molar-refractivity contribution in [2.24, 2.45) is 4.40 Å². The number of halogens is 1. The van der Waals surface area contributed by atoms with Crippen molar-refractivity contribution in [2.75, 3.05) is 0 Å². The van der Waals surface area contributed by atoms with Gasteiger partial charge in [0.1, 0.15) is 0 Å². The normalized spacial score (nSPS) is 19.8. The van der Waals surface area contributed by atoms with Crippen LogP contribution < -0.4 is 4.72 Å². The third-order valence-corrected chi connectivity index (χ3v) is 1.42. The molecule has 1 radical (unpaired) electrons. The molecule has 1 rings (SSSR count). The van der Waals surface area contributed by atoms with Crippen molar-refractivity contribution in [3.63, 3.8) is 0 Å². The maximum absolute atomic E-state index is 11.5. The first-order valence-electron chi connectivity index (χ1n) is 1.17. The van der Waals surface area contributed by atoms with Crippen molar-refractivity contribution in [1.29, 1.82) is 0 Å². The highest BCUT2D eigenvalue weighted by Crippen LogP contribution is 2.26. The van der Waals surface area contributed by atoms with Gasteiger partial charge in [0.25, 0.3) is 0 Å². The number of hydrogen-bond acceptors (Lipinski definition) is 3. The Morgan fingerprint density at radius 1 is 1.50 bits per heavy atom. The SMILES string of the molecule is FC1=NSS[N]1. The second-order valence-corrected chi connectivity index (χ2v) is 2.16. The van der Waals surface area contributed by atoms with E-state index in [1.54, 1.807) is 0 Å². The number of hydrogen-bond donors (Lipinski definition) is 0. The molecular formula is CFN2S2. The Kier molecular flexibility index (Phi) is 1.21. The smallest absolute Gasteiger partial charge is 0.160 e. The average Bonchev–Trinajstić information content (AvgIpc) is 1.86. The molecule has 1 heterocycles. The van der Waals surface area contributed by atoms with Crippen molar-refractivity contribution in [3.8, 4) is 0 Å². The predicted octanol–water partition coefficient (Wildman–Crippen LogP) is 1.14. The van der Waals surface area contributed by atoms with Gasteiger partial charge in [-0.3, -0.25) is 0 Å². The van der Waals surface area contributed by atoms with Crippen LogP contribution in [-0.2, 0) is 0 Å². The third-order valence-electron chi connectivity index (χ3n) is 0.259. The van der Waals surface area contributed by atoms with E-state index >= 15 is 0 Å². The summed E-state index contributed by atoms with van der Waals surface area (Å²) in [4.78, 5) is 0. The van der Waals surface area contributed by atoms with Gasteiger partial charge in [0.05, 0.1) is 22.0 Å². The van der Waals surface area contributed by atoms with Crippen LogP contribution in [0.5, 0.6) is 0 Å². The zero-order valence-corrected chi connectivity index (χ0v) is 4.22. The molecule has 0 amide bonds. The van der Waals surface area contributed by atoms with E-state index < -0.39 is 6.09 Å². The molecule has 0 atom stereocenters. The second-order valence-electron chi connectivity index (χ2n) is 0.601. The second kappa shape index (κ2) is 1.70. The predicted molar refractivity (Wildman–Crippen MR) is 25.9 cm³/mol. The molecule has 0 aromatic heterocycles. The Morgan fingerprint density at radius 3 is 2.50 bits per heavy atom. The fraction of sp³-hybridized carbons (Fsp3) is 0. The van der Waals surface area contributed by atoms with E-state index in [-0.39, 0.29) is 0 Å². The number of rotatable bonds is 0. The molecule has 0 spiro atoms. The fourth-order valence-corrected chi connectivity index (χ4v) is 1.00. The van der Waals surface area contributed by atoms with Gasteiger partial charge in [0.2, 0.25) is 0 Å². The van der Waals surface area contributed by atoms with Gasteiger partial charge in [0.15, 0.2) is 0 Å². The van der Waals surface area contributed by atoms with Crippen LogP contribution in [0.2, 0.25) is 0 Å². The first-order chi connectivity index (χ1) is 2.89. The first kappa shape index (κ1) is 4.26. The Morgan fingerprint density at radius 2 is 2.33 bits per heavy atom. The molecule has 0 aliphatic carbocycles. The molecule has 0 N–H and O–H groups in total. The summed E-state index contributed by atoms with van der Waals surface area (Å²) in [6.07, 6.45) is -0.620. The van der Waals surface area contributed by atoms with Crippen LogP contribution in [0.3, 0.4) is 0 Å². The lowest BCUT2D eigenvalue weighted by atomic mass is 11.3. The molecule has 2 nitrogen and oxygen atoms in total. The first-order valence-corrected chi connectivity index (χ1v) is 3.23. The van der Waals surface area contributed by atoms with Crippen LogP contribution in [0.4, 0.5) is 4.39 Å². The fourth-order valence-electron chi connectivity index (χ4n) is 0.112. The quantitative estimate of drug-likeness (QED) is 0.274. The molecule has 6 heavy (non-hydrogen) atoms.